The smallest absolute Gasteiger partial charge is 0.253 e. The van der Waals surface area contributed by atoms with Gasteiger partial charge < -0.3 is 9.42 Å². The zero-order valence-corrected chi connectivity index (χ0v) is 16.0. The summed E-state index contributed by atoms with van der Waals surface area (Å²) in [5.41, 5.74) is 1.92. The van der Waals surface area contributed by atoms with Gasteiger partial charge in [0.2, 0.25) is 10.0 Å². The maximum absolute atomic E-state index is 12.7. The van der Waals surface area contributed by atoms with Gasteiger partial charge in [-0.1, -0.05) is 11.2 Å². The van der Waals surface area contributed by atoms with E-state index in [1.54, 1.807) is 26.1 Å². The molecule has 1 fully saturated rings. The van der Waals surface area contributed by atoms with Crippen molar-refractivity contribution < 1.29 is 17.7 Å². The number of carbonyl (C=O) groups is 1. The third-order valence-corrected chi connectivity index (χ3v) is 5.99. The molecule has 1 aliphatic carbocycles. The molecule has 0 atom stereocenters. The molecule has 3 rings (SSSR count). The lowest BCUT2D eigenvalue weighted by atomic mass is 10.1. The van der Waals surface area contributed by atoms with E-state index in [0.717, 1.165) is 24.1 Å². The highest BCUT2D eigenvalue weighted by atomic mass is 32.2. The molecule has 1 aliphatic rings. The predicted molar refractivity (Wildman–Crippen MR) is 96.1 cm³/mol. The maximum atomic E-state index is 12.7. The Morgan fingerprint density at radius 1 is 1.35 bits per heavy atom. The summed E-state index contributed by atoms with van der Waals surface area (Å²) in [5.74, 6) is 0.850. The number of hydrogen-bond donors (Lipinski definition) is 1. The molecule has 1 aromatic heterocycles. The van der Waals surface area contributed by atoms with E-state index >= 15 is 0 Å². The number of carbonyl (C=O) groups excluding carboxylic acids is 1. The van der Waals surface area contributed by atoms with Crippen molar-refractivity contribution in [2.75, 3.05) is 13.6 Å². The number of nitrogens with one attached hydrogen (secondary N) is 1. The van der Waals surface area contributed by atoms with Crippen molar-refractivity contribution >= 4 is 15.9 Å². The standard InChI is InChI=1S/C18H23N3O4S/c1-12-17(13(2)25-20-12)11-21(3)18(22)15-5-4-6-16(9-15)26(23,24)19-10-14-7-8-14/h4-6,9,14,19H,7-8,10-11H2,1-3H3. The number of aryl methyl sites for hydroxylation is 2. The first-order chi connectivity index (χ1) is 12.3. The minimum Gasteiger partial charge on any atom is -0.361 e. The number of sulfonamides is 1. The molecule has 1 amide bonds. The summed E-state index contributed by atoms with van der Waals surface area (Å²) in [7, 11) is -1.94. The number of rotatable bonds is 7. The Kier molecular flexibility index (Phi) is 5.15. The van der Waals surface area contributed by atoms with Crippen molar-refractivity contribution in [3.05, 3.63) is 46.8 Å². The van der Waals surface area contributed by atoms with Gasteiger partial charge in [0.05, 0.1) is 17.1 Å². The second kappa shape index (κ2) is 7.20. The van der Waals surface area contributed by atoms with Gasteiger partial charge in [-0.3, -0.25) is 4.79 Å². The van der Waals surface area contributed by atoms with Crippen LogP contribution in [0.4, 0.5) is 0 Å². The molecule has 1 aromatic carbocycles. The van der Waals surface area contributed by atoms with E-state index in [1.165, 1.54) is 17.0 Å². The van der Waals surface area contributed by atoms with Crippen molar-refractivity contribution in [1.82, 2.24) is 14.8 Å². The summed E-state index contributed by atoms with van der Waals surface area (Å²) in [6.45, 7) is 4.42. The molecule has 140 valence electrons. The Morgan fingerprint density at radius 2 is 2.08 bits per heavy atom. The van der Waals surface area contributed by atoms with E-state index in [2.05, 4.69) is 9.88 Å². The van der Waals surface area contributed by atoms with E-state index in [1.807, 2.05) is 6.92 Å². The van der Waals surface area contributed by atoms with Crippen LogP contribution >= 0.6 is 0 Å². The van der Waals surface area contributed by atoms with Gasteiger partial charge in [-0.2, -0.15) is 0 Å². The molecule has 1 saturated carbocycles. The van der Waals surface area contributed by atoms with Crippen LogP contribution in [0.1, 0.15) is 40.2 Å². The van der Waals surface area contributed by atoms with Crippen LogP contribution in [-0.4, -0.2) is 38.0 Å². The topological polar surface area (TPSA) is 92.5 Å². The molecular weight excluding hydrogens is 354 g/mol. The molecule has 1 heterocycles. The summed E-state index contributed by atoms with van der Waals surface area (Å²) in [6, 6.07) is 6.12. The number of hydrogen-bond acceptors (Lipinski definition) is 5. The number of benzene rings is 1. The Hall–Kier alpha value is -2.19. The predicted octanol–water partition coefficient (Wildman–Crippen LogP) is 2.25. The van der Waals surface area contributed by atoms with Gasteiger partial charge in [0.15, 0.2) is 0 Å². The molecule has 8 heteroatoms. The molecule has 0 saturated heterocycles. The van der Waals surface area contributed by atoms with Crippen LogP contribution in [0.5, 0.6) is 0 Å². The summed E-state index contributed by atoms with van der Waals surface area (Å²) >= 11 is 0. The molecule has 2 aromatic rings. The Balaban J connectivity index is 1.75. The third-order valence-electron chi connectivity index (χ3n) is 4.57. The first-order valence-electron chi connectivity index (χ1n) is 8.55. The molecular formula is C18H23N3O4S. The second-order valence-electron chi connectivity index (χ2n) is 6.79. The van der Waals surface area contributed by atoms with Gasteiger partial charge in [-0.25, -0.2) is 13.1 Å². The second-order valence-corrected chi connectivity index (χ2v) is 8.55. The lowest BCUT2D eigenvalue weighted by Gasteiger charge is -2.17. The van der Waals surface area contributed by atoms with Gasteiger partial charge in [0, 0.05) is 24.7 Å². The zero-order valence-electron chi connectivity index (χ0n) is 15.2. The van der Waals surface area contributed by atoms with Gasteiger partial charge >= 0.3 is 0 Å². The molecule has 7 nitrogen and oxygen atoms in total. The van der Waals surface area contributed by atoms with Crippen molar-refractivity contribution in [2.24, 2.45) is 5.92 Å². The average Bonchev–Trinajstić information content (AvgIpc) is 3.41. The summed E-state index contributed by atoms with van der Waals surface area (Å²) < 4.78 is 32.5. The van der Waals surface area contributed by atoms with E-state index < -0.39 is 10.0 Å². The Labute approximate surface area is 153 Å². The Morgan fingerprint density at radius 3 is 2.69 bits per heavy atom. The van der Waals surface area contributed by atoms with Gasteiger partial charge in [0.25, 0.3) is 5.91 Å². The zero-order chi connectivity index (χ0) is 18.9. The summed E-state index contributed by atoms with van der Waals surface area (Å²) in [6.07, 6.45) is 2.13. The molecule has 0 unspecified atom stereocenters. The fraction of sp³-hybridized carbons (Fsp3) is 0.444. The number of amides is 1. The van der Waals surface area contributed by atoms with Crippen molar-refractivity contribution in [3.63, 3.8) is 0 Å². The lowest BCUT2D eigenvalue weighted by molar-refractivity contribution is 0.0784. The van der Waals surface area contributed by atoms with Crippen LogP contribution in [0.25, 0.3) is 0 Å². The first kappa shape index (κ1) is 18.6. The molecule has 0 aliphatic heterocycles. The largest absolute Gasteiger partial charge is 0.361 e. The van der Waals surface area contributed by atoms with E-state index in [4.69, 9.17) is 4.52 Å². The van der Waals surface area contributed by atoms with Crippen LogP contribution in [0.2, 0.25) is 0 Å². The molecule has 0 spiro atoms. The summed E-state index contributed by atoms with van der Waals surface area (Å²) in [4.78, 5) is 14.3. The SMILES string of the molecule is Cc1noc(C)c1CN(C)C(=O)c1cccc(S(=O)(=O)NCC2CC2)c1. The minimum absolute atomic E-state index is 0.106. The summed E-state index contributed by atoms with van der Waals surface area (Å²) in [5, 5.41) is 3.89. The van der Waals surface area contributed by atoms with Crippen molar-refractivity contribution in [1.29, 1.82) is 0 Å². The average molecular weight is 377 g/mol. The third kappa shape index (κ3) is 4.13. The number of nitrogens with zero attached hydrogens (tertiary/aromatic N) is 2. The highest BCUT2D eigenvalue weighted by Gasteiger charge is 2.25. The van der Waals surface area contributed by atoms with Gasteiger partial charge in [-0.15, -0.1) is 0 Å². The highest BCUT2D eigenvalue weighted by Crippen LogP contribution is 2.28. The van der Waals surface area contributed by atoms with Crippen LogP contribution in [-0.2, 0) is 16.6 Å². The van der Waals surface area contributed by atoms with Crippen LogP contribution in [0, 0.1) is 19.8 Å². The molecule has 0 bridgehead atoms. The number of aromatic nitrogens is 1. The van der Waals surface area contributed by atoms with Crippen LogP contribution < -0.4 is 4.72 Å². The quantitative estimate of drug-likeness (QED) is 0.799. The lowest BCUT2D eigenvalue weighted by Crippen LogP contribution is -2.28. The minimum atomic E-state index is -3.61. The normalized spacial score (nSPS) is 14.4. The van der Waals surface area contributed by atoms with Crippen molar-refractivity contribution in [2.45, 2.75) is 38.1 Å². The van der Waals surface area contributed by atoms with E-state index in [-0.39, 0.29) is 10.8 Å². The molecule has 26 heavy (non-hydrogen) atoms. The maximum Gasteiger partial charge on any atom is 0.253 e. The first-order valence-corrected chi connectivity index (χ1v) is 10.0. The van der Waals surface area contributed by atoms with E-state index in [9.17, 15) is 13.2 Å². The van der Waals surface area contributed by atoms with Gasteiger partial charge in [0.1, 0.15) is 5.76 Å². The molecule has 1 N–H and O–H groups in total. The van der Waals surface area contributed by atoms with Crippen LogP contribution in [0.3, 0.4) is 0 Å². The fourth-order valence-electron chi connectivity index (χ4n) is 2.69. The monoisotopic (exact) mass is 377 g/mol. The highest BCUT2D eigenvalue weighted by molar-refractivity contribution is 7.89. The Bertz CT molecular complexity index is 897. The van der Waals surface area contributed by atoms with Crippen molar-refractivity contribution in [3.8, 4) is 0 Å². The molecule has 0 radical (unpaired) electrons. The van der Waals surface area contributed by atoms with E-state index in [0.29, 0.717) is 30.3 Å². The van der Waals surface area contributed by atoms with Gasteiger partial charge in [-0.05, 0) is 50.8 Å². The van der Waals surface area contributed by atoms with Crippen LogP contribution in [0.15, 0.2) is 33.7 Å². The fourth-order valence-corrected chi connectivity index (χ4v) is 3.85.